The van der Waals surface area contributed by atoms with E-state index in [1.165, 1.54) is 0 Å². The van der Waals surface area contributed by atoms with Crippen molar-refractivity contribution < 1.29 is 14.6 Å². The summed E-state index contributed by atoms with van der Waals surface area (Å²) in [5.41, 5.74) is -0.00968. The predicted molar refractivity (Wildman–Crippen MR) is 73.4 cm³/mol. The van der Waals surface area contributed by atoms with E-state index >= 15 is 0 Å². The van der Waals surface area contributed by atoms with Crippen LogP contribution in [0.25, 0.3) is 0 Å². The van der Waals surface area contributed by atoms with E-state index in [4.69, 9.17) is 4.74 Å². The molecule has 1 N–H and O–H groups in total. The Hall–Kier alpha value is -1.55. The molecular formula is C15H21NO3. The lowest BCUT2D eigenvalue weighted by molar-refractivity contribution is 0.0438. The molecule has 0 aromatic heterocycles. The number of amides is 1. The molecule has 4 nitrogen and oxygen atoms in total. The van der Waals surface area contributed by atoms with Crippen molar-refractivity contribution in [3.05, 3.63) is 29.8 Å². The summed E-state index contributed by atoms with van der Waals surface area (Å²) < 4.78 is 5.14. The third-order valence-electron chi connectivity index (χ3n) is 3.67. The Bertz CT molecular complexity index is 456. The Morgan fingerprint density at radius 2 is 2.16 bits per heavy atom. The summed E-state index contributed by atoms with van der Waals surface area (Å²) in [4.78, 5) is 14.2. The van der Waals surface area contributed by atoms with Gasteiger partial charge in [0.1, 0.15) is 5.75 Å². The molecule has 2 rings (SSSR count). The van der Waals surface area contributed by atoms with E-state index in [2.05, 4.69) is 0 Å². The van der Waals surface area contributed by atoms with Crippen LogP contribution in [-0.2, 0) is 0 Å². The quantitative estimate of drug-likeness (QED) is 0.888. The van der Waals surface area contributed by atoms with E-state index in [-0.39, 0.29) is 5.91 Å². The van der Waals surface area contributed by atoms with Crippen molar-refractivity contribution in [2.45, 2.75) is 31.8 Å². The third-order valence-corrected chi connectivity index (χ3v) is 3.67. The first-order valence-electron chi connectivity index (χ1n) is 6.67. The molecule has 4 heteroatoms. The molecule has 1 fully saturated rings. The zero-order valence-corrected chi connectivity index (χ0v) is 11.6. The Labute approximate surface area is 114 Å². The average molecular weight is 263 g/mol. The van der Waals surface area contributed by atoms with Crippen molar-refractivity contribution in [3.63, 3.8) is 0 Å². The van der Waals surface area contributed by atoms with Crippen LogP contribution in [0.5, 0.6) is 5.75 Å². The van der Waals surface area contributed by atoms with Gasteiger partial charge in [-0.25, -0.2) is 0 Å². The number of rotatable bonds is 2. The van der Waals surface area contributed by atoms with Gasteiger partial charge in [-0.05, 0) is 44.4 Å². The van der Waals surface area contributed by atoms with Crippen LogP contribution >= 0.6 is 0 Å². The first kappa shape index (κ1) is 13.9. The molecular weight excluding hydrogens is 242 g/mol. The summed E-state index contributed by atoms with van der Waals surface area (Å²) in [6.07, 6.45) is 2.21. The van der Waals surface area contributed by atoms with Gasteiger partial charge in [-0.15, -0.1) is 0 Å². The lowest BCUT2D eigenvalue weighted by Gasteiger charge is -2.22. The number of carbonyl (C=O) groups excluding carboxylic acids is 1. The summed E-state index contributed by atoms with van der Waals surface area (Å²) in [7, 11) is 1.59. The van der Waals surface area contributed by atoms with Gasteiger partial charge in [0.2, 0.25) is 0 Å². The number of hydrogen-bond acceptors (Lipinski definition) is 3. The van der Waals surface area contributed by atoms with Crippen LogP contribution in [0.15, 0.2) is 24.3 Å². The molecule has 1 atom stereocenters. The van der Waals surface area contributed by atoms with Gasteiger partial charge >= 0.3 is 0 Å². The molecule has 0 radical (unpaired) electrons. The average Bonchev–Trinajstić information content (AvgIpc) is 2.59. The minimum Gasteiger partial charge on any atom is -0.497 e. The van der Waals surface area contributed by atoms with E-state index in [9.17, 15) is 9.90 Å². The maximum atomic E-state index is 12.4. The summed E-state index contributed by atoms with van der Waals surface area (Å²) >= 11 is 0. The molecule has 19 heavy (non-hydrogen) atoms. The lowest BCUT2D eigenvalue weighted by Crippen LogP contribution is -2.33. The minimum absolute atomic E-state index is 0.0107. The molecule has 0 aliphatic carbocycles. The van der Waals surface area contributed by atoms with E-state index in [1.807, 2.05) is 24.0 Å². The standard InChI is InChI=1S/C15H21NO3/c1-15(18)7-4-9-16(10-8-15)14(17)12-5-3-6-13(11-12)19-2/h3,5-6,11,18H,4,7-10H2,1-2H3. The molecule has 1 aromatic rings. The number of aliphatic hydroxyl groups is 1. The fraction of sp³-hybridized carbons (Fsp3) is 0.533. The van der Waals surface area contributed by atoms with Gasteiger partial charge in [0.15, 0.2) is 0 Å². The van der Waals surface area contributed by atoms with E-state index in [0.29, 0.717) is 30.8 Å². The van der Waals surface area contributed by atoms with Crippen LogP contribution < -0.4 is 4.74 Å². The van der Waals surface area contributed by atoms with E-state index < -0.39 is 5.60 Å². The second kappa shape index (κ2) is 5.61. The lowest BCUT2D eigenvalue weighted by atomic mass is 9.98. The molecule has 104 valence electrons. The molecule has 1 aliphatic rings. The monoisotopic (exact) mass is 263 g/mol. The summed E-state index contributed by atoms with van der Waals surface area (Å²) in [5, 5.41) is 10.0. The van der Waals surface area contributed by atoms with Gasteiger partial charge in [-0.1, -0.05) is 6.07 Å². The molecule has 0 spiro atoms. The highest BCUT2D eigenvalue weighted by molar-refractivity contribution is 5.94. The van der Waals surface area contributed by atoms with Crippen LogP contribution in [0.2, 0.25) is 0 Å². The fourth-order valence-electron chi connectivity index (χ4n) is 2.41. The Morgan fingerprint density at radius 3 is 2.89 bits per heavy atom. The summed E-state index contributed by atoms with van der Waals surface area (Å²) in [5.74, 6) is 0.698. The van der Waals surface area contributed by atoms with Crippen molar-refractivity contribution in [2.24, 2.45) is 0 Å². The zero-order valence-electron chi connectivity index (χ0n) is 11.6. The molecule has 1 saturated heterocycles. The molecule has 0 bridgehead atoms. The van der Waals surface area contributed by atoms with E-state index in [0.717, 1.165) is 12.8 Å². The number of carbonyl (C=O) groups is 1. The van der Waals surface area contributed by atoms with Crippen LogP contribution in [0.3, 0.4) is 0 Å². The van der Waals surface area contributed by atoms with Gasteiger partial charge in [0.05, 0.1) is 12.7 Å². The van der Waals surface area contributed by atoms with Crippen LogP contribution in [0.4, 0.5) is 0 Å². The van der Waals surface area contributed by atoms with Crippen molar-refractivity contribution >= 4 is 5.91 Å². The number of benzene rings is 1. The fourth-order valence-corrected chi connectivity index (χ4v) is 2.41. The second-order valence-corrected chi connectivity index (χ2v) is 5.37. The maximum Gasteiger partial charge on any atom is 0.253 e. The van der Waals surface area contributed by atoms with Crippen molar-refractivity contribution in [1.82, 2.24) is 4.90 Å². The van der Waals surface area contributed by atoms with Crippen molar-refractivity contribution in [3.8, 4) is 5.75 Å². The van der Waals surface area contributed by atoms with Gasteiger partial charge in [0.25, 0.3) is 5.91 Å². The Kier molecular flexibility index (Phi) is 4.10. The predicted octanol–water partition coefficient (Wildman–Crippen LogP) is 2.07. The van der Waals surface area contributed by atoms with Gasteiger partial charge < -0.3 is 14.7 Å². The van der Waals surface area contributed by atoms with Gasteiger partial charge in [-0.2, -0.15) is 0 Å². The van der Waals surface area contributed by atoms with Crippen LogP contribution in [-0.4, -0.2) is 41.7 Å². The van der Waals surface area contributed by atoms with Crippen LogP contribution in [0.1, 0.15) is 36.5 Å². The maximum absolute atomic E-state index is 12.4. The largest absolute Gasteiger partial charge is 0.497 e. The highest BCUT2D eigenvalue weighted by atomic mass is 16.5. The van der Waals surface area contributed by atoms with Crippen molar-refractivity contribution in [1.29, 1.82) is 0 Å². The summed E-state index contributed by atoms with van der Waals surface area (Å²) in [6, 6.07) is 7.20. The molecule has 1 heterocycles. The minimum atomic E-state index is -0.649. The SMILES string of the molecule is COc1cccc(C(=O)N2CCCC(C)(O)CC2)c1. The molecule has 1 aromatic carbocycles. The van der Waals surface area contributed by atoms with Gasteiger partial charge in [-0.3, -0.25) is 4.79 Å². The van der Waals surface area contributed by atoms with E-state index in [1.54, 1.807) is 19.2 Å². The normalized spacial score (nSPS) is 23.8. The number of methoxy groups -OCH3 is 1. The Morgan fingerprint density at radius 1 is 1.37 bits per heavy atom. The molecule has 0 saturated carbocycles. The molecule has 1 amide bonds. The highest BCUT2D eigenvalue weighted by Gasteiger charge is 2.27. The third kappa shape index (κ3) is 3.47. The second-order valence-electron chi connectivity index (χ2n) is 5.37. The number of hydrogen-bond donors (Lipinski definition) is 1. The van der Waals surface area contributed by atoms with Crippen molar-refractivity contribution in [2.75, 3.05) is 20.2 Å². The number of ether oxygens (including phenoxy) is 1. The smallest absolute Gasteiger partial charge is 0.253 e. The number of nitrogens with zero attached hydrogens (tertiary/aromatic N) is 1. The van der Waals surface area contributed by atoms with Gasteiger partial charge in [0, 0.05) is 18.7 Å². The van der Waals surface area contributed by atoms with Crippen LogP contribution in [0, 0.1) is 0 Å². The molecule has 1 unspecified atom stereocenters. The first-order valence-corrected chi connectivity index (χ1v) is 6.67. The topological polar surface area (TPSA) is 49.8 Å². The zero-order chi connectivity index (χ0) is 13.9. The number of likely N-dealkylation sites (tertiary alicyclic amines) is 1. The summed E-state index contributed by atoms with van der Waals surface area (Å²) in [6.45, 7) is 3.14. The first-order chi connectivity index (χ1) is 9.02. The highest BCUT2D eigenvalue weighted by Crippen LogP contribution is 2.23. The Balaban J connectivity index is 2.10. The molecule has 1 aliphatic heterocycles.